The number of hydrogen-bond donors (Lipinski definition) is 1. The van der Waals surface area contributed by atoms with E-state index < -0.39 is 0 Å². The van der Waals surface area contributed by atoms with Crippen LogP contribution >= 0.6 is 0 Å². The van der Waals surface area contributed by atoms with Crippen molar-refractivity contribution in [3.8, 4) is 0 Å². The molecule has 1 amide bonds. The lowest BCUT2D eigenvalue weighted by Gasteiger charge is -2.21. The summed E-state index contributed by atoms with van der Waals surface area (Å²) in [4.78, 5) is 13.8. The van der Waals surface area contributed by atoms with Crippen LogP contribution in [0.2, 0.25) is 0 Å². The normalized spacial score (nSPS) is 11.5. The molecule has 0 saturated carbocycles. The summed E-state index contributed by atoms with van der Waals surface area (Å²) in [7, 11) is 1.88. The number of hydrogen-bond acceptors (Lipinski definition) is 2. The highest BCUT2D eigenvalue weighted by atomic mass is 16.2. The maximum absolute atomic E-state index is 12.0. The van der Waals surface area contributed by atoms with Gasteiger partial charge in [-0.1, -0.05) is 51.5 Å². The first-order valence-electron chi connectivity index (χ1n) is 7.88. The van der Waals surface area contributed by atoms with E-state index >= 15 is 0 Å². The van der Waals surface area contributed by atoms with Crippen molar-refractivity contribution in [1.29, 1.82) is 0 Å². The number of rotatable bonds is 7. The lowest BCUT2D eigenvalue weighted by molar-refractivity contribution is -0.130. The van der Waals surface area contributed by atoms with Gasteiger partial charge in [-0.25, -0.2) is 0 Å². The van der Waals surface area contributed by atoms with E-state index in [-0.39, 0.29) is 11.3 Å². The molecule has 0 spiro atoms. The molecule has 0 heterocycles. The Bertz CT molecular complexity index is 432. The molecule has 1 rings (SSSR count). The first-order chi connectivity index (χ1) is 9.84. The average Bonchev–Trinajstić information content (AvgIpc) is 2.43. The summed E-state index contributed by atoms with van der Waals surface area (Å²) in [6, 6.07) is 8.57. The van der Waals surface area contributed by atoms with Gasteiger partial charge in [-0.05, 0) is 35.9 Å². The largest absolute Gasteiger partial charge is 0.341 e. The average molecular weight is 290 g/mol. The minimum absolute atomic E-state index is 0.170. The van der Waals surface area contributed by atoms with Crippen LogP contribution < -0.4 is 5.73 Å². The second kappa shape index (κ2) is 8.18. The van der Waals surface area contributed by atoms with E-state index in [4.69, 9.17) is 5.73 Å². The second-order valence-electron chi connectivity index (χ2n) is 6.80. The zero-order valence-electron chi connectivity index (χ0n) is 14.0. The number of benzene rings is 1. The molecule has 0 saturated heterocycles. The van der Waals surface area contributed by atoms with Crippen molar-refractivity contribution in [1.82, 2.24) is 4.90 Å². The van der Waals surface area contributed by atoms with Crippen molar-refractivity contribution >= 4 is 5.91 Å². The van der Waals surface area contributed by atoms with E-state index in [1.165, 1.54) is 11.1 Å². The van der Waals surface area contributed by atoms with E-state index in [0.717, 1.165) is 19.3 Å². The predicted octanol–water partition coefficient (Wildman–Crippen LogP) is 3.46. The van der Waals surface area contributed by atoms with Gasteiger partial charge in [-0.3, -0.25) is 4.79 Å². The van der Waals surface area contributed by atoms with E-state index in [0.29, 0.717) is 19.5 Å². The SMILES string of the molecule is CN(Cc1ccc(C(C)(C)C)cc1)C(=O)CCCCCN. The van der Waals surface area contributed by atoms with Gasteiger partial charge in [0.1, 0.15) is 0 Å². The molecule has 0 aliphatic rings. The van der Waals surface area contributed by atoms with Gasteiger partial charge < -0.3 is 10.6 Å². The Morgan fingerprint density at radius 2 is 1.71 bits per heavy atom. The zero-order chi connectivity index (χ0) is 15.9. The van der Waals surface area contributed by atoms with E-state index in [1.54, 1.807) is 0 Å². The predicted molar refractivity (Wildman–Crippen MR) is 89.1 cm³/mol. The van der Waals surface area contributed by atoms with Crippen LogP contribution in [-0.2, 0) is 16.8 Å². The number of carbonyl (C=O) groups is 1. The highest BCUT2D eigenvalue weighted by molar-refractivity contribution is 5.75. The topological polar surface area (TPSA) is 46.3 Å². The van der Waals surface area contributed by atoms with Gasteiger partial charge in [0.15, 0.2) is 0 Å². The zero-order valence-corrected chi connectivity index (χ0v) is 14.0. The fourth-order valence-corrected chi connectivity index (χ4v) is 2.26. The molecular weight excluding hydrogens is 260 g/mol. The highest BCUT2D eigenvalue weighted by Gasteiger charge is 2.14. The lowest BCUT2D eigenvalue weighted by atomic mass is 9.87. The summed E-state index contributed by atoms with van der Waals surface area (Å²) in [6.45, 7) is 8.02. The monoisotopic (exact) mass is 290 g/mol. The summed E-state index contributed by atoms with van der Waals surface area (Å²) in [5.41, 5.74) is 8.13. The second-order valence-corrected chi connectivity index (χ2v) is 6.80. The lowest BCUT2D eigenvalue weighted by Crippen LogP contribution is -2.26. The van der Waals surface area contributed by atoms with Crippen molar-refractivity contribution in [2.75, 3.05) is 13.6 Å². The van der Waals surface area contributed by atoms with Gasteiger partial charge in [0.25, 0.3) is 0 Å². The standard InChI is InChI=1S/C18H30N2O/c1-18(2,3)16-11-9-15(10-12-16)14-20(4)17(21)8-6-5-7-13-19/h9-12H,5-8,13-14,19H2,1-4H3. The van der Waals surface area contributed by atoms with Crippen LogP contribution in [0.4, 0.5) is 0 Å². The third-order valence-corrected chi connectivity index (χ3v) is 3.76. The van der Waals surface area contributed by atoms with Crippen molar-refractivity contribution in [2.24, 2.45) is 5.73 Å². The molecule has 21 heavy (non-hydrogen) atoms. The Morgan fingerprint density at radius 3 is 2.24 bits per heavy atom. The van der Waals surface area contributed by atoms with Crippen molar-refractivity contribution < 1.29 is 4.79 Å². The summed E-state index contributed by atoms with van der Waals surface area (Å²) in [5, 5.41) is 0. The number of nitrogens with zero attached hydrogens (tertiary/aromatic N) is 1. The molecule has 0 atom stereocenters. The van der Waals surface area contributed by atoms with E-state index in [1.807, 2.05) is 11.9 Å². The van der Waals surface area contributed by atoms with Crippen LogP contribution in [0.3, 0.4) is 0 Å². The molecule has 0 aliphatic carbocycles. The maximum atomic E-state index is 12.0. The fourth-order valence-electron chi connectivity index (χ4n) is 2.26. The highest BCUT2D eigenvalue weighted by Crippen LogP contribution is 2.22. The van der Waals surface area contributed by atoms with Gasteiger partial charge in [0, 0.05) is 20.0 Å². The Kier molecular flexibility index (Phi) is 6.90. The van der Waals surface area contributed by atoms with Gasteiger partial charge in [0.05, 0.1) is 0 Å². The number of amides is 1. The van der Waals surface area contributed by atoms with Crippen LogP contribution in [0.1, 0.15) is 57.6 Å². The van der Waals surface area contributed by atoms with E-state index in [2.05, 4.69) is 45.0 Å². The first-order valence-corrected chi connectivity index (χ1v) is 7.88. The van der Waals surface area contributed by atoms with Gasteiger partial charge in [-0.2, -0.15) is 0 Å². The van der Waals surface area contributed by atoms with Crippen molar-refractivity contribution in [2.45, 2.75) is 58.4 Å². The molecule has 3 heteroatoms. The molecule has 1 aromatic carbocycles. The molecule has 0 unspecified atom stereocenters. The molecule has 0 fully saturated rings. The quantitative estimate of drug-likeness (QED) is 0.782. The molecule has 0 aromatic heterocycles. The van der Waals surface area contributed by atoms with Crippen LogP contribution in [0, 0.1) is 0 Å². The first kappa shape index (κ1) is 17.7. The third-order valence-electron chi connectivity index (χ3n) is 3.76. The van der Waals surface area contributed by atoms with Crippen LogP contribution in [-0.4, -0.2) is 24.4 Å². The number of unbranched alkanes of at least 4 members (excludes halogenated alkanes) is 2. The number of carbonyl (C=O) groups excluding carboxylic acids is 1. The summed E-state index contributed by atoms with van der Waals surface area (Å²) in [5.74, 6) is 0.215. The fraction of sp³-hybridized carbons (Fsp3) is 0.611. The minimum Gasteiger partial charge on any atom is -0.341 e. The molecule has 118 valence electrons. The van der Waals surface area contributed by atoms with Gasteiger partial charge in [-0.15, -0.1) is 0 Å². The smallest absolute Gasteiger partial charge is 0.222 e. The summed E-state index contributed by atoms with van der Waals surface area (Å²) < 4.78 is 0. The van der Waals surface area contributed by atoms with Crippen LogP contribution in [0.15, 0.2) is 24.3 Å². The van der Waals surface area contributed by atoms with Crippen molar-refractivity contribution in [3.05, 3.63) is 35.4 Å². The molecule has 1 aromatic rings. The van der Waals surface area contributed by atoms with E-state index in [9.17, 15) is 4.79 Å². The maximum Gasteiger partial charge on any atom is 0.222 e. The van der Waals surface area contributed by atoms with Gasteiger partial charge >= 0.3 is 0 Å². The van der Waals surface area contributed by atoms with Crippen molar-refractivity contribution in [3.63, 3.8) is 0 Å². The Balaban J connectivity index is 2.47. The summed E-state index contributed by atoms with van der Waals surface area (Å²) >= 11 is 0. The third kappa shape index (κ3) is 6.30. The molecule has 2 N–H and O–H groups in total. The Hall–Kier alpha value is -1.35. The molecule has 0 radical (unpaired) electrons. The molecular formula is C18H30N2O. The Morgan fingerprint density at radius 1 is 1.10 bits per heavy atom. The number of nitrogens with two attached hydrogens (primary N) is 1. The van der Waals surface area contributed by atoms with Crippen LogP contribution in [0.5, 0.6) is 0 Å². The molecule has 0 aliphatic heterocycles. The molecule has 0 bridgehead atoms. The Labute approximate surface area is 129 Å². The van der Waals surface area contributed by atoms with Gasteiger partial charge in [0.2, 0.25) is 5.91 Å². The minimum atomic E-state index is 0.170. The van der Waals surface area contributed by atoms with Crippen LogP contribution in [0.25, 0.3) is 0 Å². The molecule has 3 nitrogen and oxygen atoms in total. The summed E-state index contributed by atoms with van der Waals surface area (Å²) in [6.07, 6.45) is 3.60.